The van der Waals surface area contributed by atoms with E-state index >= 15 is 0 Å². The molecule has 3 rings (SSSR count). The Morgan fingerprint density at radius 2 is 1.87 bits per heavy atom. The Bertz CT molecular complexity index is 724. The SMILES string of the molecule is O=C(O)c1ccc(CCNC(=O)[C@@H]2COc3ccccc32)cc1. The minimum atomic E-state index is -0.940. The fourth-order valence-corrected chi connectivity index (χ4v) is 2.65. The van der Waals surface area contributed by atoms with Crippen molar-refractivity contribution in [2.24, 2.45) is 0 Å². The van der Waals surface area contributed by atoms with E-state index in [1.165, 1.54) is 0 Å². The monoisotopic (exact) mass is 311 g/mol. The van der Waals surface area contributed by atoms with Crippen molar-refractivity contribution in [2.75, 3.05) is 13.2 Å². The number of benzene rings is 2. The van der Waals surface area contributed by atoms with Crippen LogP contribution >= 0.6 is 0 Å². The molecule has 5 nitrogen and oxygen atoms in total. The number of hydrogen-bond acceptors (Lipinski definition) is 3. The molecule has 23 heavy (non-hydrogen) atoms. The van der Waals surface area contributed by atoms with Gasteiger partial charge in [0.2, 0.25) is 5.91 Å². The molecule has 2 N–H and O–H groups in total. The van der Waals surface area contributed by atoms with Gasteiger partial charge in [-0.2, -0.15) is 0 Å². The van der Waals surface area contributed by atoms with Gasteiger partial charge in [-0.3, -0.25) is 4.79 Å². The van der Waals surface area contributed by atoms with E-state index in [0.717, 1.165) is 16.9 Å². The third kappa shape index (κ3) is 3.34. The van der Waals surface area contributed by atoms with Crippen molar-refractivity contribution < 1.29 is 19.4 Å². The number of nitrogens with one attached hydrogen (secondary N) is 1. The van der Waals surface area contributed by atoms with Gasteiger partial charge in [-0.1, -0.05) is 30.3 Å². The van der Waals surface area contributed by atoms with Crippen molar-refractivity contribution in [3.05, 3.63) is 65.2 Å². The molecule has 0 bridgehead atoms. The normalized spacial score (nSPS) is 15.6. The maximum absolute atomic E-state index is 12.3. The van der Waals surface area contributed by atoms with Crippen LogP contribution in [-0.4, -0.2) is 30.1 Å². The smallest absolute Gasteiger partial charge is 0.335 e. The number of para-hydroxylation sites is 1. The highest BCUT2D eigenvalue weighted by atomic mass is 16.5. The van der Waals surface area contributed by atoms with Gasteiger partial charge in [-0.25, -0.2) is 4.79 Å². The lowest BCUT2D eigenvalue weighted by molar-refractivity contribution is -0.122. The van der Waals surface area contributed by atoms with E-state index in [0.29, 0.717) is 19.6 Å². The van der Waals surface area contributed by atoms with E-state index in [-0.39, 0.29) is 17.4 Å². The lowest BCUT2D eigenvalue weighted by Crippen LogP contribution is -2.31. The number of ether oxygens (including phenoxy) is 1. The average Bonchev–Trinajstić information content (AvgIpc) is 2.99. The van der Waals surface area contributed by atoms with Crippen LogP contribution in [-0.2, 0) is 11.2 Å². The first-order chi connectivity index (χ1) is 11.1. The molecule has 118 valence electrons. The van der Waals surface area contributed by atoms with Crippen LogP contribution < -0.4 is 10.1 Å². The van der Waals surface area contributed by atoms with Crippen molar-refractivity contribution >= 4 is 11.9 Å². The molecule has 0 saturated carbocycles. The highest BCUT2D eigenvalue weighted by Gasteiger charge is 2.29. The molecule has 1 atom stereocenters. The van der Waals surface area contributed by atoms with Gasteiger partial charge in [0.05, 0.1) is 5.56 Å². The number of aromatic carboxylic acids is 1. The van der Waals surface area contributed by atoms with Crippen molar-refractivity contribution in [3.8, 4) is 5.75 Å². The number of carbonyl (C=O) groups is 2. The van der Waals surface area contributed by atoms with Crippen molar-refractivity contribution in [3.63, 3.8) is 0 Å². The van der Waals surface area contributed by atoms with E-state index < -0.39 is 5.97 Å². The Kier molecular flexibility index (Phi) is 4.28. The Morgan fingerprint density at radius 1 is 1.13 bits per heavy atom. The van der Waals surface area contributed by atoms with E-state index in [9.17, 15) is 9.59 Å². The van der Waals surface area contributed by atoms with Gasteiger partial charge in [-0.05, 0) is 30.2 Å². The van der Waals surface area contributed by atoms with E-state index in [2.05, 4.69) is 5.32 Å². The van der Waals surface area contributed by atoms with Crippen LogP contribution in [0.3, 0.4) is 0 Å². The zero-order valence-corrected chi connectivity index (χ0v) is 12.5. The molecule has 5 heteroatoms. The van der Waals surface area contributed by atoms with Crippen molar-refractivity contribution in [1.29, 1.82) is 0 Å². The highest BCUT2D eigenvalue weighted by molar-refractivity contribution is 5.87. The first kappa shape index (κ1) is 15.1. The lowest BCUT2D eigenvalue weighted by Gasteiger charge is -2.10. The van der Waals surface area contributed by atoms with E-state index in [1.807, 2.05) is 24.3 Å². The van der Waals surface area contributed by atoms with Crippen LogP contribution in [0.5, 0.6) is 5.75 Å². The van der Waals surface area contributed by atoms with Crippen LogP contribution in [0.4, 0.5) is 0 Å². The molecule has 0 spiro atoms. The minimum Gasteiger partial charge on any atom is -0.492 e. The van der Waals surface area contributed by atoms with Gasteiger partial charge >= 0.3 is 5.97 Å². The zero-order chi connectivity index (χ0) is 16.2. The number of fused-ring (bicyclic) bond motifs is 1. The second-order valence-corrected chi connectivity index (χ2v) is 5.44. The summed E-state index contributed by atoms with van der Waals surface area (Å²) in [5, 5.41) is 11.8. The number of rotatable bonds is 5. The Hall–Kier alpha value is -2.82. The average molecular weight is 311 g/mol. The molecule has 2 aromatic carbocycles. The summed E-state index contributed by atoms with van der Waals surface area (Å²) in [5.74, 6) is -0.473. The predicted octanol–water partition coefficient (Wildman–Crippen LogP) is 2.22. The number of carbonyl (C=O) groups excluding carboxylic acids is 1. The van der Waals surface area contributed by atoms with Gasteiger partial charge in [0, 0.05) is 12.1 Å². The second kappa shape index (κ2) is 6.52. The minimum absolute atomic E-state index is 0.0443. The summed E-state index contributed by atoms with van der Waals surface area (Å²) in [6, 6.07) is 14.2. The van der Waals surface area contributed by atoms with Crippen molar-refractivity contribution in [2.45, 2.75) is 12.3 Å². The topological polar surface area (TPSA) is 75.6 Å². The van der Waals surface area contributed by atoms with Gasteiger partial charge in [-0.15, -0.1) is 0 Å². The summed E-state index contributed by atoms with van der Waals surface area (Å²) >= 11 is 0. The number of carboxylic acid groups (broad SMARTS) is 1. The van der Waals surface area contributed by atoms with Gasteiger partial charge in [0.1, 0.15) is 18.3 Å². The van der Waals surface area contributed by atoms with Gasteiger partial charge in [0.25, 0.3) is 0 Å². The highest BCUT2D eigenvalue weighted by Crippen LogP contribution is 2.33. The standard InChI is InChI=1S/C18H17NO4/c20-17(15-11-23-16-4-2-1-3-14(15)16)19-10-9-12-5-7-13(8-6-12)18(21)22/h1-8,15H,9-11H2,(H,19,20)(H,21,22)/t15-/m1/s1. The summed E-state index contributed by atoms with van der Waals surface area (Å²) in [7, 11) is 0. The first-order valence-corrected chi connectivity index (χ1v) is 7.47. The van der Waals surface area contributed by atoms with Crippen LogP contribution in [0.2, 0.25) is 0 Å². The maximum Gasteiger partial charge on any atom is 0.335 e. The molecule has 1 amide bonds. The van der Waals surface area contributed by atoms with Crippen molar-refractivity contribution in [1.82, 2.24) is 5.32 Å². The largest absolute Gasteiger partial charge is 0.492 e. The van der Waals surface area contributed by atoms with Crippen LogP contribution in [0, 0.1) is 0 Å². The van der Waals surface area contributed by atoms with Crippen LogP contribution in [0.1, 0.15) is 27.4 Å². The second-order valence-electron chi connectivity index (χ2n) is 5.44. The Labute approximate surface area is 133 Å². The van der Waals surface area contributed by atoms with E-state index in [4.69, 9.17) is 9.84 Å². The number of amides is 1. The molecule has 0 saturated heterocycles. The molecule has 0 radical (unpaired) electrons. The molecule has 1 heterocycles. The fourth-order valence-electron chi connectivity index (χ4n) is 2.65. The fraction of sp³-hybridized carbons (Fsp3) is 0.222. The third-order valence-electron chi connectivity index (χ3n) is 3.93. The molecule has 0 aliphatic carbocycles. The summed E-state index contributed by atoms with van der Waals surface area (Å²) in [6.07, 6.45) is 0.654. The lowest BCUT2D eigenvalue weighted by atomic mass is 10.0. The molecule has 2 aromatic rings. The summed E-state index contributed by atoms with van der Waals surface area (Å²) < 4.78 is 5.52. The predicted molar refractivity (Wildman–Crippen MR) is 84.8 cm³/mol. The number of carboxylic acids is 1. The quantitative estimate of drug-likeness (QED) is 0.888. The molecular formula is C18H17NO4. The van der Waals surface area contributed by atoms with Crippen LogP contribution in [0.15, 0.2) is 48.5 Å². The summed E-state index contributed by atoms with van der Waals surface area (Å²) in [4.78, 5) is 23.1. The molecule has 0 aromatic heterocycles. The Morgan fingerprint density at radius 3 is 2.61 bits per heavy atom. The molecule has 1 aliphatic rings. The summed E-state index contributed by atoms with van der Waals surface area (Å²) in [6.45, 7) is 0.877. The van der Waals surface area contributed by atoms with E-state index in [1.54, 1.807) is 24.3 Å². The Balaban J connectivity index is 1.53. The molecular weight excluding hydrogens is 294 g/mol. The molecule has 0 fully saturated rings. The molecule has 1 aliphatic heterocycles. The van der Waals surface area contributed by atoms with Gasteiger partial charge < -0.3 is 15.2 Å². The molecule has 0 unspecified atom stereocenters. The zero-order valence-electron chi connectivity index (χ0n) is 12.5. The first-order valence-electron chi connectivity index (χ1n) is 7.47. The van der Waals surface area contributed by atoms with Crippen LogP contribution in [0.25, 0.3) is 0 Å². The number of hydrogen-bond donors (Lipinski definition) is 2. The summed E-state index contributed by atoms with van der Waals surface area (Å²) in [5.41, 5.74) is 2.17. The van der Waals surface area contributed by atoms with Gasteiger partial charge in [0.15, 0.2) is 0 Å². The maximum atomic E-state index is 12.3. The third-order valence-corrected chi connectivity index (χ3v) is 3.93.